The first-order valence-electron chi connectivity index (χ1n) is 6.78. The van der Waals surface area contributed by atoms with E-state index in [4.69, 9.17) is 9.52 Å². The van der Waals surface area contributed by atoms with Crippen LogP contribution < -0.4 is 5.32 Å². The molecule has 1 heterocycles. The van der Waals surface area contributed by atoms with E-state index in [-0.39, 0.29) is 11.7 Å². The maximum Gasteiger partial charge on any atom is 0.320 e. The molecular weight excluding hydrogens is 273 g/mol. The van der Waals surface area contributed by atoms with E-state index in [9.17, 15) is 9.18 Å². The molecule has 112 valence electrons. The molecule has 0 fully saturated rings. The van der Waals surface area contributed by atoms with Gasteiger partial charge < -0.3 is 9.52 Å². The first kappa shape index (κ1) is 15.3. The van der Waals surface area contributed by atoms with Crippen molar-refractivity contribution in [3.63, 3.8) is 0 Å². The molecule has 1 atom stereocenters. The lowest BCUT2D eigenvalue weighted by molar-refractivity contribution is -0.140. The van der Waals surface area contributed by atoms with E-state index in [1.807, 2.05) is 13.8 Å². The smallest absolute Gasteiger partial charge is 0.320 e. The lowest BCUT2D eigenvalue weighted by Crippen LogP contribution is -2.40. The monoisotopic (exact) mass is 291 g/mol. The number of hydrogen-bond acceptors (Lipinski definition) is 3. The molecule has 0 amide bonds. The van der Waals surface area contributed by atoms with Crippen LogP contribution in [-0.2, 0) is 11.3 Å². The number of carbonyl (C=O) groups is 1. The van der Waals surface area contributed by atoms with Crippen molar-refractivity contribution in [2.75, 3.05) is 0 Å². The normalized spacial score (nSPS) is 12.6. The Morgan fingerprint density at radius 2 is 1.90 bits per heavy atom. The fraction of sp³-hybridized carbons (Fsp3) is 0.312. The fourth-order valence-electron chi connectivity index (χ4n) is 2.06. The number of aliphatic carboxylic acids is 1. The summed E-state index contributed by atoms with van der Waals surface area (Å²) in [5, 5.41) is 12.1. The Balaban J connectivity index is 2.03. The molecule has 0 aliphatic heterocycles. The van der Waals surface area contributed by atoms with E-state index in [0.29, 0.717) is 18.1 Å². The van der Waals surface area contributed by atoms with Crippen molar-refractivity contribution in [2.45, 2.75) is 26.4 Å². The fourth-order valence-corrected chi connectivity index (χ4v) is 2.06. The number of rotatable bonds is 6. The van der Waals surface area contributed by atoms with Crippen molar-refractivity contribution in [3.8, 4) is 11.3 Å². The summed E-state index contributed by atoms with van der Waals surface area (Å²) in [4.78, 5) is 11.1. The quantitative estimate of drug-likeness (QED) is 0.857. The van der Waals surface area contributed by atoms with E-state index in [1.54, 1.807) is 24.3 Å². The zero-order valence-electron chi connectivity index (χ0n) is 12.0. The topological polar surface area (TPSA) is 62.5 Å². The number of furan rings is 1. The molecule has 0 unspecified atom stereocenters. The highest BCUT2D eigenvalue weighted by molar-refractivity contribution is 5.73. The minimum atomic E-state index is -0.879. The van der Waals surface area contributed by atoms with Gasteiger partial charge in [-0.1, -0.05) is 13.8 Å². The first-order valence-corrected chi connectivity index (χ1v) is 6.78. The summed E-state index contributed by atoms with van der Waals surface area (Å²) in [5.41, 5.74) is 0.779. The molecule has 1 aromatic carbocycles. The van der Waals surface area contributed by atoms with Gasteiger partial charge in [-0.15, -0.1) is 0 Å². The van der Waals surface area contributed by atoms with Gasteiger partial charge in [-0.2, -0.15) is 0 Å². The molecule has 0 saturated carbocycles. The maximum atomic E-state index is 12.9. The predicted molar refractivity (Wildman–Crippen MR) is 77.2 cm³/mol. The number of carboxylic acid groups (broad SMARTS) is 1. The lowest BCUT2D eigenvalue weighted by Gasteiger charge is -2.16. The zero-order valence-corrected chi connectivity index (χ0v) is 12.0. The highest BCUT2D eigenvalue weighted by atomic mass is 19.1. The molecule has 0 spiro atoms. The Kier molecular flexibility index (Phi) is 4.75. The molecule has 0 saturated heterocycles. The Hall–Kier alpha value is -2.14. The van der Waals surface area contributed by atoms with Crippen molar-refractivity contribution in [2.24, 2.45) is 5.92 Å². The van der Waals surface area contributed by atoms with Crippen LogP contribution in [0.3, 0.4) is 0 Å². The molecule has 0 aliphatic rings. The van der Waals surface area contributed by atoms with Crippen molar-refractivity contribution in [1.29, 1.82) is 0 Å². The third-order valence-electron chi connectivity index (χ3n) is 3.22. The second-order valence-corrected chi connectivity index (χ2v) is 5.21. The molecule has 21 heavy (non-hydrogen) atoms. The van der Waals surface area contributed by atoms with Crippen LogP contribution >= 0.6 is 0 Å². The minimum absolute atomic E-state index is 0.0194. The minimum Gasteiger partial charge on any atom is -0.480 e. The van der Waals surface area contributed by atoms with Crippen LogP contribution in [0.25, 0.3) is 11.3 Å². The number of nitrogens with one attached hydrogen (secondary N) is 1. The SMILES string of the molecule is CC(C)[C@H](NCc1ccc(-c2ccc(F)cc2)o1)C(=O)O. The third kappa shape index (κ3) is 3.92. The Bertz CT molecular complexity index is 604. The maximum absolute atomic E-state index is 12.9. The van der Waals surface area contributed by atoms with Crippen LogP contribution in [0.4, 0.5) is 4.39 Å². The van der Waals surface area contributed by atoms with Crippen LogP contribution in [0.2, 0.25) is 0 Å². The average molecular weight is 291 g/mol. The highest BCUT2D eigenvalue weighted by Gasteiger charge is 2.20. The van der Waals surface area contributed by atoms with Gasteiger partial charge in [0.2, 0.25) is 0 Å². The molecule has 5 heteroatoms. The molecule has 0 aliphatic carbocycles. The molecule has 2 N–H and O–H groups in total. The van der Waals surface area contributed by atoms with Gasteiger partial charge in [0.1, 0.15) is 23.4 Å². The summed E-state index contributed by atoms with van der Waals surface area (Å²) >= 11 is 0. The summed E-state index contributed by atoms with van der Waals surface area (Å²) < 4.78 is 18.5. The second-order valence-electron chi connectivity index (χ2n) is 5.21. The van der Waals surface area contributed by atoms with Gasteiger partial charge in [0.05, 0.1) is 6.54 Å². The van der Waals surface area contributed by atoms with Gasteiger partial charge in [0.15, 0.2) is 0 Å². The van der Waals surface area contributed by atoms with Crippen LogP contribution in [-0.4, -0.2) is 17.1 Å². The van der Waals surface area contributed by atoms with Crippen LogP contribution in [0, 0.1) is 11.7 Å². The highest BCUT2D eigenvalue weighted by Crippen LogP contribution is 2.22. The number of benzene rings is 1. The predicted octanol–water partition coefficient (Wildman–Crippen LogP) is 3.28. The number of halogens is 1. The molecule has 4 nitrogen and oxygen atoms in total. The van der Waals surface area contributed by atoms with Crippen molar-refractivity contribution in [1.82, 2.24) is 5.32 Å². The standard InChI is InChI=1S/C16H18FNO3/c1-10(2)15(16(19)20)18-9-13-7-8-14(21-13)11-3-5-12(17)6-4-11/h3-8,10,15,18H,9H2,1-2H3,(H,19,20)/t15-/m0/s1. The molecule has 2 rings (SSSR count). The van der Waals surface area contributed by atoms with Crippen molar-refractivity contribution >= 4 is 5.97 Å². The van der Waals surface area contributed by atoms with E-state index in [1.165, 1.54) is 12.1 Å². The van der Waals surface area contributed by atoms with E-state index in [0.717, 1.165) is 5.56 Å². The van der Waals surface area contributed by atoms with Crippen LogP contribution in [0.15, 0.2) is 40.8 Å². The Labute approximate surface area is 122 Å². The summed E-state index contributed by atoms with van der Waals surface area (Å²) in [5.74, 6) is 0.0715. The summed E-state index contributed by atoms with van der Waals surface area (Å²) in [6.07, 6.45) is 0. The van der Waals surface area contributed by atoms with E-state index >= 15 is 0 Å². The van der Waals surface area contributed by atoms with Gasteiger partial charge in [-0.3, -0.25) is 10.1 Å². The zero-order chi connectivity index (χ0) is 15.4. The molecule has 2 aromatic rings. The summed E-state index contributed by atoms with van der Waals surface area (Å²) in [6, 6.07) is 8.97. The number of hydrogen-bond donors (Lipinski definition) is 2. The van der Waals surface area contributed by atoms with E-state index < -0.39 is 12.0 Å². The Morgan fingerprint density at radius 1 is 1.24 bits per heavy atom. The molecule has 0 radical (unpaired) electrons. The lowest BCUT2D eigenvalue weighted by atomic mass is 10.1. The van der Waals surface area contributed by atoms with Gasteiger partial charge in [-0.25, -0.2) is 4.39 Å². The van der Waals surface area contributed by atoms with Crippen LogP contribution in [0.5, 0.6) is 0 Å². The largest absolute Gasteiger partial charge is 0.480 e. The van der Waals surface area contributed by atoms with Gasteiger partial charge in [0, 0.05) is 5.56 Å². The van der Waals surface area contributed by atoms with Crippen LogP contribution in [0.1, 0.15) is 19.6 Å². The summed E-state index contributed by atoms with van der Waals surface area (Å²) in [7, 11) is 0. The molecule has 1 aromatic heterocycles. The van der Waals surface area contributed by atoms with Gasteiger partial charge in [-0.05, 0) is 42.3 Å². The average Bonchev–Trinajstić information content (AvgIpc) is 2.87. The van der Waals surface area contributed by atoms with Gasteiger partial charge >= 0.3 is 5.97 Å². The Morgan fingerprint density at radius 3 is 2.48 bits per heavy atom. The molecular formula is C16H18FNO3. The van der Waals surface area contributed by atoms with Crippen molar-refractivity contribution < 1.29 is 18.7 Å². The van der Waals surface area contributed by atoms with Crippen molar-refractivity contribution in [3.05, 3.63) is 48.0 Å². The number of carboxylic acids is 1. The second kappa shape index (κ2) is 6.54. The summed E-state index contributed by atoms with van der Waals surface area (Å²) in [6.45, 7) is 4.02. The molecule has 0 bridgehead atoms. The van der Waals surface area contributed by atoms with E-state index in [2.05, 4.69) is 5.32 Å². The first-order chi connectivity index (χ1) is 9.97. The van der Waals surface area contributed by atoms with Gasteiger partial charge in [0.25, 0.3) is 0 Å². The third-order valence-corrected chi connectivity index (χ3v) is 3.22.